The molecule has 142 valence electrons. The molecule has 0 aliphatic carbocycles. The number of aliphatic imine (C=N–C) groups is 1. The molecular formula is C19H32IN3O2. The third-order valence-corrected chi connectivity index (χ3v) is 3.95. The molecule has 0 aromatic heterocycles. The number of unbranched alkanes of at least 4 members (excludes halogenated alkanes) is 1. The monoisotopic (exact) mass is 461 g/mol. The summed E-state index contributed by atoms with van der Waals surface area (Å²) in [6, 6.07) is 8.19. The molecule has 1 saturated heterocycles. The van der Waals surface area contributed by atoms with Crippen LogP contribution in [0.25, 0.3) is 0 Å². The van der Waals surface area contributed by atoms with Crippen molar-refractivity contribution in [1.29, 1.82) is 0 Å². The van der Waals surface area contributed by atoms with Gasteiger partial charge in [-0.3, -0.25) is 0 Å². The minimum atomic E-state index is 0. The van der Waals surface area contributed by atoms with E-state index in [0.29, 0.717) is 12.6 Å². The average molecular weight is 461 g/mol. The highest BCUT2D eigenvalue weighted by atomic mass is 127. The number of guanidine groups is 1. The summed E-state index contributed by atoms with van der Waals surface area (Å²) < 4.78 is 11.4. The van der Waals surface area contributed by atoms with Crippen LogP contribution in [0.15, 0.2) is 29.3 Å². The maximum absolute atomic E-state index is 5.76. The topological polar surface area (TPSA) is 54.9 Å². The molecule has 25 heavy (non-hydrogen) atoms. The fraction of sp³-hybridized carbons (Fsp3) is 0.632. The van der Waals surface area contributed by atoms with Gasteiger partial charge in [-0.25, -0.2) is 4.99 Å². The molecule has 1 aromatic carbocycles. The Hall–Kier alpha value is -1.02. The summed E-state index contributed by atoms with van der Waals surface area (Å²) in [5.41, 5.74) is 1.15. The van der Waals surface area contributed by atoms with Gasteiger partial charge in [0.05, 0.1) is 19.3 Å². The minimum Gasteiger partial charge on any atom is -0.494 e. The van der Waals surface area contributed by atoms with E-state index < -0.39 is 0 Å². The average Bonchev–Trinajstić information content (AvgIpc) is 3.11. The predicted molar refractivity (Wildman–Crippen MR) is 114 cm³/mol. The Morgan fingerprint density at radius 2 is 2.20 bits per heavy atom. The van der Waals surface area contributed by atoms with Crippen molar-refractivity contribution >= 4 is 29.9 Å². The number of hydrogen-bond acceptors (Lipinski definition) is 3. The lowest BCUT2D eigenvalue weighted by Gasteiger charge is -2.15. The standard InChI is InChI=1S/C19H31N3O2.HI/c1-3-5-11-23-17-9-6-8-16(13-17)14-21-19(20-4-2)22-15-18-10-7-12-24-18;/h6,8-9,13,18H,3-5,7,10-12,14-15H2,1-2H3,(H2,20,21,22);1H. The fourth-order valence-corrected chi connectivity index (χ4v) is 2.60. The van der Waals surface area contributed by atoms with Crippen LogP contribution in [-0.2, 0) is 11.3 Å². The first kappa shape index (κ1) is 22.0. The Kier molecular flexibility index (Phi) is 11.6. The van der Waals surface area contributed by atoms with Gasteiger partial charge in [0.25, 0.3) is 0 Å². The summed E-state index contributed by atoms with van der Waals surface area (Å²) in [5, 5.41) is 6.66. The molecule has 2 N–H and O–H groups in total. The summed E-state index contributed by atoms with van der Waals surface area (Å²) in [6.07, 6.45) is 4.82. The predicted octanol–water partition coefficient (Wildman–Crippen LogP) is 3.72. The molecule has 0 spiro atoms. The molecule has 0 saturated carbocycles. The molecule has 1 aromatic rings. The number of ether oxygens (including phenoxy) is 2. The highest BCUT2D eigenvalue weighted by molar-refractivity contribution is 14.0. The van der Waals surface area contributed by atoms with E-state index in [1.807, 2.05) is 12.1 Å². The Balaban J connectivity index is 0.00000312. The highest BCUT2D eigenvalue weighted by Crippen LogP contribution is 2.14. The van der Waals surface area contributed by atoms with Gasteiger partial charge in [0.2, 0.25) is 0 Å². The second-order valence-corrected chi connectivity index (χ2v) is 6.06. The summed E-state index contributed by atoms with van der Waals surface area (Å²) in [7, 11) is 0. The van der Waals surface area contributed by atoms with Crippen LogP contribution in [0.1, 0.15) is 45.1 Å². The molecule has 1 aliphatic rings. The highest BCUT2D eigenvalue weighted by Gasteiger charge is 2.15. The Morgan fingerprint density at radius 1 is 1.32 bits per heavy atom. The largest absolute Gasteiger partial charge is 0.494 e. The molecular weight excluding hydrogens is 429 g/mol. The van der Waals surface area contributed by atoms with Gasteiger partial charge >= 0.3 is 0 Å². The summed E-state index contributed by atoms with van der Waals surface area (Å²) in [5.74, 6) is 1.76. The van der Waals surface area contributed by atoms with Crippen LogP contribution in [0.2, 0.25) is 0 Å². The Labute approximate surface area is 169 Å². The van der Waals surface area contributed by atoms with E-state index in [0.717, 1.165) is 69.3 Å². The van der Waals surface area contributed by atoms with Crippen molar-refractivity contribution in [3.63, 3.8) is 0 Å². The minimum absolute atomic E-state index is 0. The summed E-state index contributed by atoms with van der Waals surface area (Å²) in [6.45, 7) is 8.18. The number of hydrogen-bond donors (Lipinski definition) is 2. The summed E-state index contributed by atoms with van der Waals surface area (Å²) in [4.78, 5) is 4.67. The van der Waals surface area contributed by atoms with E-state index in [1.165, 1.54) is 0 Å². The van der Waals surface area contributed by atoms with Crippen LogP contribution in [0.3, 0.4) is 0 Å². The smallest absolute Gasteiger partial charge is 0.191 e. The second-order valence-electron chi connectivity index (χ2n) is 6.06. The molecule has 0 radical (unpaired) electrons. The number of nitrogens with zero attached hydrogens (tertiary/aromatic N) is 1. The first-order valence-corrected chi connectivity index (χ1v) is 9.17. The van der Waals surface area contributed by atoms with Crippen LogP contribution < -0.4 is 15.4 Å². The molecule has 0 bridgehead atoms. The van der Waals surface area contributed by atoms with E-state index in [-0.39, 0.29) is 24.0 Å². The zero-order valence-corrected chi connectivity index (χ0v) is 17.8. The number of halogens is 1. The van der Waals surface area contributed by atoms with E-state index >= 15 is 0 Å². The maximum atomic E-state index is 5.76. The third-order valence-electron chi connectivity index (χ3n) is 3.95. The van der Waals surface area contributed by atoms with Crippen molar-refractivity contribution in [3.8, 4) is 5.75 Å². The van der Waals surface area contributed by atoms with Crippen molar-refractivity contribution < 1.29 is 9.47 Å². The van der Waals surface area contributed by atoms with E-state index in [1.54, 1.807) is 0 Å². The fourth-order valence-electron chi connectivity index (χ4n) is 2.60. The SMILES string of the molecule is CCCCOc1cccc(CN=C(NCC)NCC2CCCO2)c1.I. The Bertz CT molecular complexity index is 505. The van der Waals surface area contributed by atoms with Gasteiger partial charge in [0.1, 0.15) is 5.75 Å². The molecule has 2 rings (SSSR count). The lowest BCUT2D eigenvalue weighted by Crippen LogP contribution is -2.41. The van der Waals surface area contributed by atoms with Crippen LogP contribution in [0.5, 0.6) is 5.75 Å². The Morgan fingerprint density at radius 3 is 2.92 bits per heavy atom. The zero-order valence-electron chi connectivity index (χ0n) is 15.4. The molecule has 0 amide bonds. The van der Waals surface area contributed by atoms with Crippen molar-refractivity contribution in [3.05, 3.63) is 29.8 Å². The van der Waals surface area contributed by atoms with Crippen LogP contribution in [-0.4, -0.2) is 38.4 Å². The normalized spacial score (nSPS) is 17.0. The number of rotatable bonds is 9. The molecule has 1 unspecified atom stereocenters. The van der Waals surface area contributed by atoms with Gasteiger partial charge in [-0.15, -0.1) is 24.0 Å². The van der Waals surface area contributed by atoms with E-state index in [9.17, 15) is 0 Å². The molecule has 1 fully saturated rings. The summed E-state index contributed by atoms with van der Waals surface area (Å²) >= 11 is 0. The first-order valence-electron chi connectivity index (χ1n) is 9.17. The molecule has 5 nitrogen and oxygen atoms in total. The number of nitrogens with one attached hydrogen (secondary N) is 2. The zero-order chi connectivity index (χ0) is 17.0. The van der Waals surface area contributed by atoms with Crippen molar-refractivity contribution in [2.24, 2.45) is 4.99 Å². The quantitative estimate of drug-likeness (QED) is 0.255. The van der Waals surface area contributed by atoms with Crippen molar-refractivity contribution in [1.82, 2.24) is 10.6 Å². The third kappa shape index (κ3) is 8.76. The van der Waals surface area contributed by atoms with Gasteiger partial charge in [0.15, 0.2) is 5.96 Å². The van der Waals surface area contributed by atoms with Gasteiger partial charge in [-0.2, -0.15) is 0 Å². The second kappa shape index (κ2) is 13.2. The maximum Gasteiger partial charge on any atom is 0.191 e. The van der Waals surface area contributed by atoms with Crippen LogP contribution in [0.4, 0.5) is 0 Å². The van der Waals surface area contributed by atoms with Crippen molar-refractivity contribution in [2.75, 3.05) is 26.3 Å². The number of benzene rings is 1. The van der Waals surface area contributed by atoms with Crippen LogP contribution in [0, 0.1) is 0 Å². The van der Waals surface area contributed by atoms with Gasteiger partial charge in [-0.1, -0.05) is 25.5 Å². The van der Waals surface area contributed by atoms with Gasteiger partial charge < -0.3 is 20.1 Å². The molecule has 1 heterocycles. The van der Waals surface area contributed by atoms with E-state index in [4.69, 9.17) is 9.47 Å². The van der Waals surface area contributed by atoms with Gasteiger partial charge in [0, 0.05) is 19.7 Å². The first-order chi connectivity index (χ1) is 11.8. The van der Waals surface area contributed by atoms with Crippen LogP contribution >= 0.6 is 24.0 Å². The molecule has 6 heteroatoms. The molecule has 1 aliphatic heterocycles. The lowest BCUT2D eigenvalue weighted by molar-refractivity contribution is 0.114. The van der Waals surface area contributed by atoms with E-state index in [2.05, 4.69) is 41.6 Å². The van der Waals surface area contributed by atoms with Gasteiger partial charge in [-0.05, 0) is 43.9 Å². The molecule has 1 atom stereocenters. The lowest BCUT2D eigenvalue weighted by atomic mass is 10.2. The van der Waals surface area contributed by atoms with Crippen molar-refractivity contribution in [2.45, 2.75) is 52.2 Å².